The van der Waals surface area contributed by atoms with E-state index in [1.165, 1.54) is 9.13 Å². The van der Waals surface area contributed by atoms with Gasteiger partial charge in [-0.15, -0.1) is 0 Å². The van der Waals surface area contributed by atoms with E-state index >= 15 is 0 Å². The number of nitriles is 1. The van der Waals surface area contributed by atoms with E-state index in [4.69, 9.17) is 10.00 Å². The third-order valence-electron chi connectivity index (χ3n) is 2.92. The van der Waals surface area contributed by atoms with Gasteiger partial charge in [-0.05, 0) is 59.3 Å². The molecule has 0 unspecified atom stereocenters. The summed E-state index contributed by atoms with van der Waals surface area (Å²) in [6.45, 7) is 2.82. The number of halogens is 1. The van der Waals surface area contributed by atoms with E-state index < -0.39 is 0 Å². The van der Waals surface area contributed by atoms with Gasteiger partial charge in [-0.3, -0.25) is 0 Å². The maximum Gasteiger partial charge on any atom is 0.174 e. The quantitative estimate of drug-likeness (QED) is 0.797. The zero-order valence-corrected chi connectivity index (χ0v) is 13.3. The van der Waals surface area contributed by atoms with Crippen molar-refractivity contribution in [3.8, 4) is 11.8 Å². The number of para-hydroxylation sites is 1. The number of ether oxygens (including phenoxy) is 1. The van der Waals surface area contributed by atoms with Gasteiger partial charge >= 0.3 is 0 Å². The summed E-state index contributed by atoms with van der Waals surface area (Å²) < 4.78 is 6.65. The van der Waals surface area contributed by atoms with Crippen molar-refractivity contribution in [1.82, 2.24) is 0 Å². The predicted octanol–water partition coefficient (Wildman–Crippen LogP) is 4.11. The van der Waals surface area contributed by atoms with Crippen molar-refractivity contribution in [1.29, 1.82) is 5.26 Å². The van der Waals surface area contributed by atoms with Gasteiger partial charge in [0, 0.05) is 21.4 Å². The van der Waals surface area contributed by atoms with Crippen molar-refractivity contribution in [3.05, 3.63) is 57.2 Å². The van der Waals surface area contributed by atoms with E-state index in [1.807, 2.05) is 30.3 Å². The molecule has 0 radical (unpaired) electrons. The molecule has 0 aromatic heterocycles. The number of benzene rings is 2. The van der Waals surface area contributed by atoms with E-state index in [2.05, 4.69) is 53.0 Å². The van der Waals surface area contributed by atoms with Crippen LogP contribution in [0.3, 0.4) is 0 Å². The van der Waals surface area contributed by atoms with Crippen LogP contribution in [-0.4, -0.2) is 6.61 Å². The molecule has 0 fully saturated rings. The average Bonchev–Trinajstić information content (AvgIpc) is 2.45. The van der Waals surface area contributed by atoms with Crippen molar-refractivity contribution in [2.24, 2.45) is 0 Å². The fraction of sp³-hybridized carbons (Fsp3) is 0.188. The van der Waals surface area contributed by atoms with Gasteiger partial charge in [0.15, 0.2) is 6.61 Å². The van der Waals surface area contributed by atoms with Crippen LogP contribution >= 0.6 is 22.6 Å². The number of rotatable bonds is 5. The van der Waals surface area contributed by atoms with Crippen LogP contribution in [0.2, 0.25) is 0 Å². The number of hydrogen-bond acceptors (Lipinski definition) is 3. The Hall–Kier alpha value is -1.74. The van der Waals surface area contributed by atoms with Crippen LogP contribution in [0.25, 0.3) is 0 Å². The molecule has 3 nitrogen and oxygen atoms in total. The smallest absolute Gasteiger partial charge is 0.174 e. The Morgan fingerprint density at radius 3 is 2.80 bits per heavy atom. The Balaban J connectivity index is 2.09. The van der Waals surface area contributed by atoms with Crippen LogP contribution < -0.4 is 10.1 Å². The standard InChI is InChI=1S/C16H15IN2O/c1-12-10-14(17)6-7-15(12)19-11-13-4-2-3-5-16(13)20-9-8-18/h2-7,10,19H,9,11H2,1H3. The number of anilines is 1. The molecule has 20 heavy (non-hydrogen) atoms. The van der Waals surface area contributed by atoms with E-state index in [0.717, 1.165) is 17.0 Å². The second-order valence-electron chi connectivity index (χ2n) is 4.37. The molecule has 2 aromatic rings. The summed E-state index contributed by atoms with van der Waals surface area (Å²) in [5, 5.41) is 12.0. The second-order valence-corrected chi connectivity index (χ2v) is 5.61. The third kappa shape index (κ3) is 3.87. The molecule has 0 atom stereocenters. The summed E-state index contributed by atoms with van der Waals surface area (Å²) in [4.78, 5) is 0. The lowest BCUT2D eigenvalue weighted by atomic mass is 10.1. The molecule has 2 aromatic carbocycles. The van der Waals surface area contributed by atoms with E-state index in [-0.39, 0.29) is 6.61 Å². The first-order valence-electron chi connectivity index (χ1n) is 6.28. The number of aryl methyl sites for hydroxylation is 1. The summed E-state index contributed by atoms with van der Waals surface area (Å²) >= 11 is 2.30. The molecule has 0 aliphatic heterocycles. The summed E-state index contributed by atoms with van der Waals surface area (Å²) in [6, 6.07) is 16.0. The Morgan fingerprint density at radius 1 is 1.25 bits per heavy atom. The Kier molecular flexibility index (Phi) is 5.24. The van der Waals surface area contributed by atoms with Crippen LogP contribution in [0.1, 0.15) is 11.1 Å². The highest BCUT2D eigenvalue weighted by molar-refractivity contribution is 14.1. The second kappa shape index (κ2) is 7.15. The lowest BCUT2D eigenvalue weighted by Crippen LogP contribution is -2.04. The highest BCUT2D eigenvalue weighted by Crippen LogP contribution is 2.22. The van der Waals surface area contributed by atoms with Gasteiger partial charge in [0.05, 0.1) is 0 Å². The average molecular weight is 378 g/mol. The maximum atomic E-state index is 8.60. The Labute approximate surface area is 132 Å². The minimum Gasteiger partial charge on any atom is -0.478 e. The minimum atomic E-state index is 0.0690. The topological polar surface area (TPSA) is 45.0 Å². The van der Waals surface area contributed by atoms with Gasteiger partial charge in [0.2, 0.25) is 0 Å². The molecule has 0 bridgehead atoms. The zero-order valence-electron chi connectivity index (χ0n) is 11.2. The van der Waals surface area contributed by atoms with Crippen LogP contribution in [-0.2, 0) is 6.54 Å². The molecule has 0 amide bonds. The highest BCUT2D eigenvalue weighted by atomic mass is 127. The molecule has 2 rings (SSSR count). The minimum absolute atomic E-state index is 0.0690. The zero-order chi connectivity index (χ0) is 14.4. The van der Waals surface area contributed by atoms with Crippen LogP contribution in [0.5, 0.6) is 5.75 Å². The molecule has 102 valence electrons. The van der Waals surface area contributed by atoms with Crippen LogP contribution in [0.4, 0.5) is 5.69 Å². The van der Waals surface area contributed by atoms with Gasteiger partial charge in [-0.2, -0.15) is 5.26 Å². The molecule has 4 heteroatoms. The summed E-state index contributed by atoms with van der Waals surface area (Å²) in [5.74, 6) is 0.754. The third-order valence-corrected chi connectivity index (χ3v) is 3.59. The van der Waals surface area contributed by atoms with Crippen molar-refractivity contribution in [2.45, 2.75) is 13.5 Å². The molecular formula is C16H15IN2O. The number of nitrogens with zero attached hydrogens (tertiary/aromatic N) is 1. The van der Waals surface area contributed by atoms with Gasteiger partial charge < -0.3 is 10.1 Å². The van der Waals surface area contributed by atoms with Crippen LogP contribution in [0.15, 0.2) is 42.5 Å². The normalized spacial score (nSPS) is 9.85. The highest BCUT2D eigenvalue weighted by Gasteiger charge is 2.04. The molecule has 0 spiro atoms. The fourth-order valence-corrected chi connectivity index (χ4v) is 2.56. The van der Waals surface area contributed by atoms with Gasteiger partial charge in [-0.25, -0.2) is 0 Å². The lowest BCUT2D eigenvalue weighted by Gasteiger charge is -2.13. The molecular weight excluding hydrogens is 363 g/mol. The Morgan fingerprint density at radius 2 is 2.05 bits per heavy atom. The lowest BCUT2D eigenvalue weighted by molar-refractivity contribution is 0.364. The summed E-state index contributed by atoms with van der Waals surface area (Å²) in [5.41, 5.74) is 3.37. The molecule has 0 saturated carbocycles. The monoisotopic (exact) mass is 378 g/mol. The number of nitrogens with one attached hydrogen (secondary N) is 1. The molecule has 0 aliphatic rings. The number of hydrogen-bond donors (Lipinski definition) is 1. The first-order valence-corrected chi connectivity index (χ1v) is 7.36. The van der Waals surface area contributed by atoms with Crippen molar-refractivity contribution in [2.75, 3.05) is 11.9 Å². The van der Waals surface area contributed by atoms with Crippen molar-refractivity contribution >= 4 is 28.3 Å². The molecule has 0 aliphatic carbocycles. The van der Waals surface area contributed by atoms with Crippen molar-refractivity contribution < 1.29 is 4.74 Å². The van der Waals surface area contributed by atoms with Crippen LogP contribution in [0, 0.1) is 21.8 Å². The molecule has 0 heterocycles. The van der Waals surface area contributed by atoms with Gasteiger partial charge in [0.1, 0.15) is 11.8 Å². The molecule has 1 N–H and O–H groups in total. The Bertz CT molecular complexity index is 635. The van der Waals surface area contributed by atoms with E-state index in [1.54, 1.807) is 0 Å². The summed E-state index contributed by atoms with van der Waals surface area (Å²) in [6.07, 6.45) is 0. The first-order chi connectivity index (χ1) is 9.70. The summed E-state index contributed by atoms with van der Waals surface area (Å²) in [7, 11) is 0. The predicted molar refractivity (Wildman–Crippen MR) is 88.8 cm³/mol. The van der Waals surface area contributed by atoms with Crippen molar-refractivity contribution in [3.63, 3.8) is 0 Å². The van der Waals surface area contributed by atoms with Gasteiger partial charge in [-0.1, -0.05) is 18.2 Å². The largest absolute Gasteiger partial charge is 0.478 e. The first kappa shape index (κ1) is 14.7. The van der Waals surface area contributed by atoms with Gasteiger partial charge in [0.25, 0.3) is 0 Å². The van der Waals surface area contributed by atoms with E-state index in [0.29, 0.717) is 6.54 Å². The SMILES string of the molecule is Cc1cc(I)ccc1NCc1ccccc1OCC#N. The maximum absolute atomic E-state index is 8.60. The fourth-order valence-electron chi connectivity index (χ4n) is 1.92. The molecule has 0 saturated heterocycles. The van der Waals surface area contributed by atoms with E-state index in [9.17, 15) is 0 Å².